The molecule has 3 nitrogen and oxygen atoms in total. The monoisotopic (exact) mass is 322 g/mol. The fourth-order valence-electron chi connectivity index (χ4n) is 3.37. The second-order valence-corrected chi connectivity index (χ2v) is 6.68. The van der Waals surface area contributed by atoms with Gasteiger partial charge in [0.1, 0.15) is 5.82 Å². The second-order valence-electron chi connectivity index (χ2n) is 6.68. The van der Waals surface area contributed by atoms with Crippen LogP contribution in [0.2, 0.25) is 0 Å². The summed E-state index contributed by atoms with van der Waals surface area (Å²) in [6.45, 7) is 4.05. The Morgan fingerprint density at radius 2 is 2.00 bits per heavy atom. The van der Waals surface area contributed by atoms with Gasteiger partial charge in [-0.25, -0.2) is 4.39 Å². The van der Waals surface area contributed by atoms with Gasteiger partial charge in [0.2, 0.25) is 5.91 Å². The third kappa shape index (κ3) is 2.21. The smallest absolute Gasteiger partial charge is 0.235 e. The predicted molar refractivity (Wildman–Crippen MR) is 93.7 cm³/mol. The van der Waals surface area contributed by atoms with Gasteiger partial charge in [-0.2, -0.15) is 0 Å². The highest BCUT2D eigenvalue weighted by atomic mass is 19.1. The van der Waals surface area contributed by atoms with Gasteiger partial charge in [-0.15, -0.1) is 0 Å². The zero-order valence-corrected chi connectivity index (χ0v) is 13.7. The number of aromatic nitrogens is 1. The summed E-state index contributed by atoms with van der Waals surface area (Å²) < 4.78 is 13.4. The zero-order valence-electron chi connectivity index (χ0n) is 13.7. The van der Waals surface area contributed by atoms with Crippen LogP contribution in [0, 0.1) is 19.7 Å². The minimum atomic E-state index is -0.508. The third-order valence-corrected chi connectivity index (χ3v) is 5.20. The maximum atomic E-state index is 13.4. The first-order valence-corrected chi connectivity index (χ1v) is 8.16. The highest BCUT2D eigenvalue weighted by Gasteiger charge is 2.52. The lowest BCUT2D eigenvalue weighted by molar-refractivity contribution is -0.118. The van der Waals surface area contributed by atoms with Crippen LogP contribution in [0.1, 0.15) is 29.5 Å². The lowest BCUT2D eigenvalue weighted by atomic mass is 9.94. The Labute approximate surface area is 139 Å². The molecule has 0 saturated heterocycles. The Morgan fingerprint density at radius 1 is 1.21 bits per heavy atom. The molecule has 4 rings (SSSR count). The number of aromatic amines is 1. The van der Waals surface area contributed by atoms with E-state index in [-0.39, 0.29) is 11.7 Å². The fourth-order valence-corrected chi connectivity index (χ4v) is 3.37. The first-order chi connectivity index (χ1) is 11.5. The molecule has 1 fully saturated rings. The van der Waals surface area contributed by atoms with Gasteiger partial charge in [0.05, 0.1) is 5.41 Å². The molecule has 1 amide bonds. The number of hydrogen-bond acceptors (Lipinski definition) is 1. The van der Waals surface area contributed by atoms with Crippen LogP contribution in [0.3, 0.4) is 0 Å². The van der Waals surface area contributed by atoms with Crippen molar-refractivity contribution < 1.29 is 9.18 Å². The minimum Gasteiger partial charge on any atom is -0.361 e. The van der Waals surface area contributed by atoms with Crippen molar-refractivity contribution in [3.8, 4) is 0 Å². The third-order valence-electron chi connectivity index (χ3n) is 5.20. The van der Waals surface area contributed by atoms with Gasteiger partial charge in [0.15, 0.2) is 0 Å². The molecule has 1 aromatic heterocycles. The molecule has 3 aromatic rings. The van der Waals surface area contributed by atoms with E-state index in [2.05, 4.69) is 10.3 Å². The quantitative estimate of drug-likeness (QED) is 0.727. The number of H-pyrrole nitrogens is 1. The molecule has 0 spiro atoms. The molecule has 1 aliphatic carbocycles. The number of carbonyl (C=O) groups excluding carboxylic acids is 1. The van der Waals surface area contributed by atoms with Crippen molar-refractivity contribution in [1.29, 1.82) is 0 Å². The highest BCUT2D eigenvalue weighted by molar-refractivity contribution is 6.04. The second kappa shape index (κ2) is 5.20. The fraction of sp³-hybridized carbons (Fsp3) is 0.250. The number of benzene rings is 2. The Bertz CT molecular complexity index is 953. The van der Waals surface area contributed by atoms with Gasteiger partial charge in [-0.3, -0.25) is 4.79 Å². The van der Waals surface area contributed by atoms with E-state index in [1.54, 1.807) is 6.07 Å². The SMILES string of the molecule is Cc1cccc(NC(=O)C2(c3c[nH]c4cc(F)ccc34)CC2)c1C. The minimum absolute atomic E-state index is 0.0152. The van der Waals surface area contributed by atoms with E-state index < -0.39 is 5.41 Å². The molecule has 2 aromatic carbocycles. The van der Waals surface area contributed by atoms with E-state index in [4.69, 9.17) is 0 Å². The van der Waals surface area contributed by atoms with E-state index in [1.807, 2.05) is 38.2 Å². The molecule has 0 unspecified atom stereocenters. The highest BCUT2D eigenvalue weighted by Crippen LogP contribution is 2.51. The number of halogens is 1. The molecule has 4 heteroatoms. The van der Waals surface area contributed by atoms with Gasteiger partial charge < -0.3 is 10.3 Å². The predicted octanol–water partition coefficient (Wildman–Crippen LogP) is 4.59. The number of rotatable bonds is 3. The summed E-state index contributed by atoms with van der Waals surface area (Å²) in [6.07, 6.45) is 3.47. The molecular formula is C20H19FN2O. The molecular weight excluding hydrogens is 303 g/mol. The van der Waals surface area contributed by atoms with Crippen molar-refractivity contribution in [2.75, 3.05) is 5.32 Å². The standard InChI is InChI=1S/C20H19FN2O/c1-12-4-3-5-17(13(12)2)23-19(24)20(8-9-20)16-11-22-18-10-14(21)6-7-15(16)18/h3-7,10-11,22H,8-9H2,1-2H3,(H,23,24). The molecule has 0 atom stereocenters. The van der Waals surface area contributed by atoms with Gasteiger partial charge in [-0.1, -0.05) is 12.1 Å². The van der Waals surface area contributed by atoms with Crippen molar-refractivity contribution in [3.05, 3.63) is 65.1 Å². The molecule has 122 valence electrons. The summed E-state index contributed by atoms with van der Waals surface area (Å²) in [7, 11) is 0. The summed E-state index contributed by atoms with van der Waals surface area (Å²) in [4.78, 5) is 16.1. The molecule has 1 saturated carbocycles. The van der Waals surface area contributed by atoms with E-state index >= 15 is 0 Å². The van der Waals surface area contributed by atoms with Crippen LogP contribution in [0.25, 0.3) is 10.9 Å². The number of fused-ring (bicyclic) bond motifs is 1. The van der Waals surface area contributed by atoms with Crippen LogP contribution in [0.4, 0.5) is 10.1 Å². The van der Waals surface area contributed by atoms with Crippen molar-refractivity contribution in [3.63, 3.8) is 0 Å². The van der Waals surface area contributed by atoms with Crippen LogP contribution in [-0.2, 0) is 10.2 Å². The summed E-state index contributed by atoms with van der Waals surface area (Å²) in [5, 5.41) is 4.01. The van der Waals surface area contributed by atoms with Crippen LogP contribution >= 0.6 is 0 Å². The number of carbonyl (C=O) groups is 1. The first kappa shape index (κ1) is 14.9. The number of amides is 1. The van der Waals surface area contributed by atoms with Gasteiger partial charge in [0.25, 0.3) is 0 Å². The largest absolute Gasteiger partial charge is 0.361 e. The summed E-state index contributed by atoms with van der Waals surface area (Å²) >= 11 is 0. The van der Waals surface area contributed by atoms with Gasteiger partial charge in [-0.05, 0) is 67.6 Å². The molecule has 0 aliphatic heterocycles. The number of anilines is 1. The first-order valence-electron chi connectivity index (χ1n) is 8.16. The van der Waals surface area contributed by atoms with Crippen molar-refractivity contribution >= 4 is 22.5 Å². The van der Waals surface area contributed by atoms with Crippen molar-refractivity contribution in [1.82, 2.24) is 4.98 Å². The average Bonchev–Trinajstić information content (AvgIpc) is 3.26. The lowest BCUT2D eigenvalue weighted by Gasteiger charge is -2.17. The number of aryl methyl sites for hydroxylation is 1. The lowest BCUT2D eigenvalue weighted by Crippen LogP contribution is -2.28. The van der Waals surface area contributed by atoms with Crippen LogP contribution in [-0.4, -0.2) is 10.9 Å². The maximum Gasteiger partial charge on any atom is 0.235 e. The molecule has 1 heterocycles. The molecule has 0 radical (unpaired) electrons. The van der Waals surface area contributed by atoms with Crippen molar-refractivity contribution in [2.24, 2.45) is 0 Å². The molecule has 1 aliphatic rings. The van der Waals surface area contributed by atoms with E-state index in [9.17, 15) is 9.18 Å². The summed E-state index contributed by atoms with van der Waals surface area (Å²) in [6, 6.07) is 10.6. The molecule has 2 N–H and O–H groups in total. The Morgan fingerprint density at radius 3 is 2.75 bits per heavy atom. The molecule has 24 heavy (non-hydrogen) atoms. The summed E-state index contributed by atoms with van der Waals surface area (Å²) in [5.41, 5.74) is 4.28. The van der Waals surface area contributed by atoms with Gasteiger partial charge >= 0.3 is 0 Å². The van der Waals surface area contributed by atoms with Crippen LogP contribution in [0.15, 0.2) is 42.6 Å². The topological polar surface area (TPSA) is 44.9 Å². The normalized spacial score (nSPS) is 15.5. The van der Waals surface area contributed by atoms with Crippen LogP contribution < -0.4 is 5.32 Å². The number of nitrogens with one attached hydrogen (secondary N) is 2. The van der Waals surface area contributed by atoms with E-state index in [1.165, 1.54) is 12.1 Å². The average molecular weight is 322 g/mol. The maximum absolute atomic E-state index is 13.4. The molecule has 0 bridgehead atoms. The van der Waals surface area contributed by atoms with Crippen molar-refractivity contribution in [2.45, 2.75) is 32.1 Å². The van der Waals surface area contributed by atoms with E-state index in [0.29, 0.717) is 0 Å². The Kier molecular flexibility index (Phi) is 3.23. The van der Waals surface area contributed by atoms with Gasteiger partial charge in [0, 0.05) is 22.8 Å². The number of hydrogen-bond donors (Lipinski definition) is 2. The Hall–Kier alpha value is -2.62. The zero-order chi connectivity index (χ0) is 16.9. The van der Waals surface area contributed by atoms with E-state index in [0.717, 1.165) is 46.1 Å². The Balaban J connectivity index is 1.69. The summed E-state index contributed by atoms with van der Waals surface area (Å²) in [5.74, 6) is -0.262. The van der Waals surface area contributed by atoms with Crippen LogP contribution in [0.5, 0.6) is 0 Å².